The van der Waals surface area contributed by atoms with Crippen LogP contribution in [0.25, 0.3) is 11.5 Å². The van der Waals surface area contributed by atoms with E-state index in [4.69, 9.17) is 0 Å². The molecule has 0 atom stereocenters. The van der Waals surface area contributed by atoms with Crippen molar-refractivity contribution in [3.8, 4) is 11.5 Å². The number of hydrogen-bond donors (Lipinski definition) is 3. The Labute approximate surface area is 192 Å². The van der Waals surface area contributed by atoms with Crippen molar-refractivity contribution in [3.05, 3.63) is 72.7 Å². The number of aryl methyl sites for hydroxylation is 1. The third kappa shape index (κ3) is 4.88. The molecule has 9 heteroatoms. The molecular weight excluding hydrogens is 414 g/mol. The number of nitrogens with zero attached hydrogens (tertiary/aromatic N) is 6. The Bertz CT molecular complexity index is 1240. The highest BCUT2D eigenvalue weighted by Gasteiger charge is 2.21. The minimum Gasteiger partial charge on any atom is -0.369 e. The van der Waals surface area contributed by atoms with Gasteiger partial charge in [-0.1, -0.05) is 6.07 Å². The van der Waals surface area contributed by atoms with E-state index in [1.54, 1.807) is 24.5 Å². The topological polar surface area (TPSA) is 104 Å². The Balaban J connectivity index is 1.27. The molecule has 0 amide bonds. The van der Waals surface area contributed by atoms with Crippen molar-refractivity contribution in [1.29, 1.82) is 0 Å². The first-order chi connectivity index (χ1) is 16.1. The van der Waals surface area contributed by atoms with Crippen LogP contribution in [0, 0.1) is 6.92 Å². The lowest BCUT2D eigenvalue weighted by atomic mass is 10.1. The molecule has 0 saturated carbocycles. The fraction of sp³-hybridized carbons (Fsp3) is 0.208. The van der Waals surface area contributed by atoms with Crippen LogP contribution < -0.4 is 20.9 Å². The third-order valence-corrected chi connectivity index (χ3v) is 5.52. The second-order valence-corrected chi connectivity index (χ2v) is 7.92. The molecule has 5 rings (SSSR count). The number of rotatable bonds is 7. The number of aromatic nitrogens is 5. The fourth-order valence-corrected chi connectivity index (χ4v) is 3.51. The smallest absolute Gasteiger partial charge is 0.229 e. The van der Waals surface area contributed by atoms with E-state index in [-0.39, 0.29) is 0 Å². The summed E-state index contributed by atoms with van der Waals surface area (Å²) in [6.07, 6.45) is 3.40. The zero-order valence-corrected chi connectivity index (χ0v) is 18.5. The summed E-state index contributed by atoms with van der Waals surface area (Å²) in [4.78, 5) is 24.6. The van der Waals surface area contributed by atoms with Crippen molar-refractivity contribution in [2.24, 2.45) is 0 Å². The first kappa shape index (κ1) is 20.8. The van der Waals surface area contributed by atoms with Gasteiger partial charge in [-0.25, -0.2) is 19.9 Å². The number of hydrogen-bond acceptors (Lipinski definition) is 9. The Morgan fingerprint density at radius 2 is 1.61 bits per heavy atom. The Morgan fingerprint density at radius 3 is 2.33 bits per heavy atom. The summed E-state index contributed by atoms with van der Waals surface area (Å²) < 4.78 is 0. The molecule has 1 aromatic carbocycles. The van der Waals surface area contributed by atoms with Crippen LogP contribution in [0.1, 0.15) is 5.69 Å². The highest BCUT2D eigenvalue weighted by Crippen LogP contribution is 2.22. The first-order valence-corrected chi connectivity index (χ1v) is 10.8. The second kappa shape index (κ2) is 9.17. The molecule has 33 heavy (non-hydrogen) atoms. The number of likely N-dealkylation sites (N-methyl/N-ethyl adjacent to an activating group) is 1. The van der Waals surface area contributed by atoms with E-state index in [1.807, 2.05) is 37.3 Å². The highest BCUT2D eigenvalue weighted by molar-refractivity contribution is 5.62. The molecule has 0 spiro atoms. The van der Waals surface area contributed by atoms with Crippen molar-refractivity contribution in [1.82, 2.24) is 30.2 Å². The Kier molecular flexibility index (Phi) is 5.77. The van der Waals surface area contributed by atoms with E-state index in [1.165, 1.54) is 5.69 Å². The maximum atomic E-state index is 4.57. The number of benzene rings is 1. The minimum absolute atomic E-state index is 0.499. The lowest BCUT2D eigenvalue weighted by Crippen LogP contribution is -2.56. The van der Waals surface area contributed by atoms with Crippen LogP contribution in [0.3, 0.4) is 0 Å². The second-order valence-electron chi connectivity index (χ2n) is 7.92. The van der Waals surface area contributed by atoms with E-state index >= 15 is 0 Å². The molecule has 3 aromatic heterocycles. The van der Waals surface area contributed by atoms with Gasteiger partial charge in [0, 0.05) is 49.6 Å². The van der Waals surface area contributed by atoms with E-state index in [0.717, 1.165) is 30.2 Å². The molecule has 0 unspecified atom stereocenters. The summed E-state index contributed by atoms with van der Waals surface area (Å²) in [6.45, 7) is 4.00. The van der Waals surface area contributed by atoms with E-state index in [2.05, 4.69) is 65.0 Å². The Morgan fingerprint density at radius 1 is 0.848 bits per heavy atom. The molecule has 4 heterocycles. The van der Waals surface area contributed by atoms with Crippen LogP contribution >= 0.6 is 0 Å². The predicted molar refractivity (Wildman–Crippen MR) is 130 cm³/mol. The molecule has 9 nitrogen and oxygen atoms in total. The number of pyridine rings is 1. The molecule has 1 aliphatic heterocycles. The lowest BCUT2D eigenvalue weighted by molar-refractivity contribution is 0.429. The van der Waals surface area contributed by atoms with Gasteiger partial charge in [-0.15, -0.1) is 0 Å². The summed E-state index contributed by atoms with van der Waals surface area (Å²) in [5.41, 5.74) is 3.75. The van der Waals surface area contributed by atoms with Crippen LogP contribution in [0.4, 0.5) is 29.0 Å². The monoisotopic (exact) mass is 439 g/mol. The normalized spacial score (nSPS) is 13.3. The molecule has 4 aromatic rings. The third-order valence-electron chi connectivity index (χ3n) is 5.52. The first-order valence-electron chi connectivity index (χ1n) is 10.8. The number of anilines is 5. The zero-order valence-electron chi connectivity index (χ0n) is 18.5. The molecule has 1 saturated heterocycles. The summed E-state index contributed by atoms with van der Waals surface area (Å²) in [5.74, 6) is 2.31. The van der Waals surface area contributed by atoms with Gasteiger partial charge in [-0.3, -0.25) is 0 Å². The summed E-state index contributed by atoms with van der Waals surface area (Å²) >= 11 is 0. The van der Waals surface area contributed by atoms with E-state index in [0.29, 0.717) is 29.5 Å². The summed E-state index contributed by atoms with van der Waals surface area (Å²) in [5, 5.41) is 9.79. The average Bonchev–Trinajstić information content (AvgIpc) is 2.79. The largest absolute Gasteiger partial charge is 0.369 e. The average molecular weight is 440 g/mol. The van der Waals surface area contributed by atoms with Crippen LogP contribution in [0.15, 0.2) is 67.0 Å². The van der Waals surface area contributed by atoms with Crippen molar-refractivity contribution < 1.29 is 0 Å². The van der Waals surface area contributed by atoms with Gasteiger partial charge in [-0.2, -0.15) is 4.98 Å². The van der Waals surface area contributed by atoms with E-state index < -0.39 is 0 Å². The van der Waals surface area contributed by atoms with E-state index in [9.17, 15) is 0 Å². The molecule has 1 aliphatic rings. The van der Waals surface area contributed by atoms with Crippen molar-refractivity contribution in [2.75, 3.05) is 35.7 Å². The maximum absolute atomic E-state index is 4.57. The van der Waals surface area contributed by atoms with Gasteiger partial charge in [0.15, 0.2) is 5.82 Å². The molecule has 3 N–H and O–H groups in total. The van der Waals surface area contributed by atoms with Gasteiger partial charge >= 0.3 is 0 Å². The quantitative estimate of drug-likeness (QED) is 0.399. The van der Waals surface area contributed by atoms with Gasteiger partial charge < -0.3 is 20.9 Å². The maximum Gasteiger partial charge on any atom is 0.229 e. The van der Waals surface area contributed by atoms with Gasteiger partial charge in [-0.05, 0) is 55.5 Å². The summed E-state index contributed by atoms with van der Waals surface area (Å²) in [6, 6.07) is 18.2. The summed E-state index contributed by atoms with van der Waals surface area (Å²) in [7, 11) is 2.12. The molecule has 1 fully saturated rings. The number of nitrogens with one attached hydrogen (secondary N) is 3. The van der Waals surface area contributed by atoms with Crippen LogP contribution in [-0.2, 0) is 0 Å². The van der Waals surface area contributed by atoms with Crippen LogP contribution in [0.2, 0.25) is 0 Å². The van der Waals surface area contributed by atoms with Crippen molar-refractivity contribution >= 4 is 29.0 Å². The lowest BCUT2D eigenvalue weighted by Gasteiger charge is -2.37. The fourth-order valence-electron chi connectivity index (χ4n) is 3.51. The van der Waals surface area contributed by atoms with Crippen LogP contribution in [0.5, 0.6) is 0 Å². The standard InChI is InChI=1S/C24H25N9/c1-16-4-3-5-20(28-16)23-26-12-10-21(31-23)30-22-11-13-27-24(32-22)29-17-6-8-18(9-7-17)33(2)19-14-25-15-19/h3-13,19,25H,14-15H2,1-2H3,(H2,26,27,29,30,31,32). The minimum atomic E-state index is 0.499. The molecular formula is C24H25N9. The highest BCUT2D eigenvalue weighted by atomic mass is 15.2. The SMILES string of the molecule is Cc1cccc(-c2nccc(Nc3ccnc(Nc4ccc(N(C)C5CNC5)cc4)n3)n2)n1. The van der Waals surface area contributed by atoms with Gasteiger partial charge in [0.1, 0.15) is 17.3 Å². The predicted octanol–water partition coefficient (Wildman–Crippen LogP) is 3.53. The zero-order chi connectivity index (χ0) is 22.6. The van der Waals surface area contributed by atoms with Crippen molar-refractivity contribution in [3.63, 3.8) is 0 Å². The molecule has 0 aliphatic carbocycles. The van der Waals surface area contributed by atoms with Gasteiger partial charge in [0.05, 0.1) is 6.04 Å². The molecule has 0 bridgehead atoms. The van der Waals surface area contributed by atoms with Gasteiger partial charge in [0.25, 0.3) is 0 Å². The molecule has 0 radical (unpaired) electrons. The Hall–Kier alpha value is -4.11. The van der Waals surface area contributed by atoms with Crippen LogP contribution in [-0.4, -0.2) is 51.1 Å². The molecule has 166 valence electrons. The van der Waals surface area contributed by atoms with Crippen molar-refractivity contribution in [2.45, 2.75) is 13.0 Å². The van der Waals surface area contributed by atoms with Gasteiger partial charge in [0.2, 0.25) is 5.95 Å².